The van der Waals surface area contributed by atoms with Crippen molar-refractivity contribution in [2.24, 2.45) is 0 Å². The number of carbonyl (C=O) groups excluding carboxylic acids is 1. The number of rotatable bonds is 7. The van der Waals surface area contributed by atoms with E-state index in [9.17, 15) is 4.79 Å². The highest BCUT2D eigenvalue weighted by atomic mass is 16.5. The number of nitrogens with one attached hydrogen (secondary N) is 1. The van der Waals surface area contributed by atoms with Crippen LogP contribution in [0.2, 0.25) is 0 Å². The van der Waals surface area contributed by atoms with Crippen LogP contribution in [0.3, 0.4) is 0 Å². The predicted molar refractivity (Wildman–Crippen MR) is 120 cm³/mol. The Bertz CT molecular complexity index is 1190. The Labute approximate surface area is 181 Å². The van der Waals surface area contributed by atoms with Crippen LogP contribution in [0.15, 0.2) is 85.1 Å². The number of hydrogen-bond donors (Lipinski definition) is 1. The lowest BCUT2D eigenvalue weighted by Crippen LogP contribution is -2.23. The van der Waals surface area contributed by atoms with Crippen molar-refractivity contribution >= 4 is 5.91 Å². The van der Waals surface area contributed by atoms with Gasteiger partial charge in [0.25, 0.3) is 5.91 Å². The maximum absolute atomic E-state index is 13.2. The first-order chi connectivity index (χ1) is 15.2. The second-order valence-electron chi connectivity index (χ2n) is 6.87. The lowest BCUT2D eigenvalue weighted by atomic mass is 10.1. The molecule has 0 bridgehead atoms. The molecule has 3 aromatic carbocycles. The Kier molecular flexibility index (Phi) is 5.98. The standard InChI is InChI=1S/C25H23N3O3/c1-30-22-14-8-6-10-18(22)16-26-25(29)21-17-28(19-11-4-3-5-12-19)27-24(21)20-13-7-9-15-23(20)31-2/h3-15,17H,16H2,1-2H3,(H,26,29). The Morgan fingerprint density at radius 1 is 0.871 bits per heavy atom. The third kappa shape index (κ3) is 4.28. The number of hydrogen-bond acceptors (Lipinski definition) is 4. The molecule has 1 heterocycles. The van der Waals surface area contributed by atoms with Crippen LogP contribution in [0.1, 0.15) is 15.9 Å². The Morgan fingerprint density at radius 2 is 1.52 bits per heavy atom. The molecule has 4 aromatic rings. The summed E-state index contributed by atoms with van der Waals surface area (Å²) in [5.74, 6) is 1.15. The number of nitrogens with zero attached hydrogens (tertiary/aromatic N) is 2. The number of aromatic nitrogens is 2. The summed E-state index contributed by atoms with van der Waals surface area (Å²) in [6, 6.07) is 24.8. The van der Waals surface area contributed by atoms with Crippen molar-refractivity contribution in [2.75, 3.05) is 14.2 Å². The number of benzene rings is 3. The van der Waals surface area contributed by atoms with Gasteiger partial charge in [0, 0.05) is 23.9 Å². The third-order valence-corrected chi connectivity index (χ3v) is 4.97. The molecule has 0 radical (unpaired) electrons. The maximum Gasteiger partial charge on any atom is 0.255 e. The Morgan fingerprint density at radius 3 is 2.26 bits per heavy atom. The van der Waals surface area contributed by atoms with Gasteiger partial charge in [-0.3, -0.25) is 4.79 Å². The van der Waals surface area contributed by atoms with E-state index in [1.54, 1.807) is 25.1 Å². The first-order valence-corrected chi connectivity index (χ1v) is 9.90. The molecule has 0 aliphatic rings. The molecule has 0 saturated heterocycles. The molecule has 1 N–H and O–H groups in total. The molecular weight excluding hydrogens is 390 g/mol. The van der Waals surface area contributed by atoms with Crippen molar-refractivity contribution in [1.29, 1.82) is 0 Å². The fourth-order valence-electron chi connectivity index (χ4n) is 3.41. The van der Waals surface area contributed by atoms with Gasteiger partial charge in [0.1, 0.15) is 17.2 Å². The molecule has 1 amide bonds. The number of methoxy groups -OCH3 is 2. The van der Waals surface area contributed by atoms with Crippen LogP contribution in [0.4, 0.5) is 0 Å². The van der Waals surface area contributed by atoms with Crippen LogP contribution >= 0.6 is 0 Å². The second kappa shape index (κ2) is 9.17. The minimum absolute atomic E-state index is 0.228. The minimum Gasteiger partial charge on any atom is -0.496 e. The highest BCUT2D eigenvalue weighted by Crippen LogP contribution is 2.31. The quantitative estimate of drug-likeness (QED) is 0.485. The van der Waals surface area contributed by atoms with Gasteiger partial charge < -0.3 is 14.8 Å². The first-order valence-electron chi connectivity index (χ1n) is 9.90. The molecule has 1 aromatic heterocycles. The van der Waals surface area contributed by atoms with Crippen molar-refractivity contribution < 1.29 is 14.3 Å². The summed E-state index contributed by atoms with van der Waals surface area (Å²) >= 11 is 0. The summed E-state index contributed by atoms with van der Waals surface area (Å²) in [6.07, 6.45) is 1.74. The molecule has 0 fully saturated rings. The van der Waals surface area contributed by atoms with E-state index < -0.39 is 0 Å². The van der Waals surface area contributed by atoms with Crippen LogP contribution in [0, 0.1) is 0 Å². The summed E-state index contributed by atoms with van der Waals surface area (Å²) in [5.41, 5.74) is 3.53. The Hall–Kier alpha value is -4.06. The summed E-state index contributed by atoms with van der Waals surface area (Å²) in [4.78, 5) is 13.2. The van der Waals surface area contributed by atoms with Gasteiger partial charge in [0.15, 0.2) is 0 Å². The molecule has 0 saturated carbocycles. The average molecular weight is 413 g/mol. The zero-order chi connectivity index (χ0) is 21.6. The molecule has 6 heteroatoms. The monoisotopic (exact) mass is 413 g/mol. The summed E-state index contributed by atoms with van der Waals surface area (Å²) in [6.45, 7) is 0.338. The molecule has 0 aliphatic heterocycles. The molecule has 6 nitrogen and oxygen atoms in total. The predicted octanol–water partition coefficient (Wildman–Crippen LogP) is 4.49. The van der Waals surface area contributed by atoms with Crippen LogP contribution < -0.4 is 14.8 Å². The lowest BCUT2D eigenvalue weighted by molar-refractivity contribution is 0.0951. The first kappa shape index (κ1) is 20.2. The molecule has 0 spiro atoms. The van der Waals surface area contributed by atoms with E-state index in [-0.39, 0.29) is 5.91 Å². The van der Waals surface area contributed by atoms with Crippen LogP contribution in [0.25, 0.3) is 16.9 Å². The van der Waals surface area contributed by atoms with Gasteiger partial charge in [-0.2, -0.15) is 5.10 Å². The van der Waals surface area contributed by atoms with E-state index in [2.05, 4.69) is 5.32 Å². The zero-order valence-electron chi connectivity index (χ0n) is 17.4. The van der Waals surface area contributed by atoms with Crippen LogP contribution in [-0.2, 0) is 6.54 Å². The van der Waals surface area contributed by atoms with Gasteiger partial charge in [0.05, 0.1) is 25.5 Å². The smallest absolute Gasteiger partial charge is 0.255 e. The van der Waals surface area contributed by atoms with Crippen molar-refractivity contribution in [2.45, 2.75) is 6.54 Å². The molecule has 0 atom stereocenters. The molecule has 156 valence electrons. The topological polar surface area (TPSA) is 65.4 Å². The zero-order valence-corrected chi connectivity index (χ0v) is 17.4. The summed E-state index contributed by atoms with van der Waals surface area (Å²) < 4.78 is 12.6. The molecule has 31 heavy (non-hydrogen) atoms. The average Bonchev–Trinajstić information content (AvgIpc) is 3.28. The number of carbonyl (C=O) groups is 1. The van der Waals surface area contributed by atoms with E-state index in [0.29, 0.717) is 23.6 Å². The SMILES string of the molecule is COc1ccccc1CNC(=O)c1cn(-c2ccccc2)nc1-c1ccccc1OC. The van der Waals surface area contributed by atoms with E-state index >= 15 is 0 Å². The van der Waals surface area contributed by atoms with Crippen molar-refractivity contribution in [1.82, 2.24) is 15.1 Å². The fourth-order valence-corrected chi connectivity index (χ4v) is 3.41. The normalized spacial score (nSPS) is 10.5. The maximum atomic E-state index is 13.2. The number of para-hydroxylation sites is 3. The Balaban J connectivity index is 1.71. The highest BCUT2D eigenvalue weighted by molar-refractivity contribution is 6.00. The highest BCUT2D eigenvalue weighted by Gasteiger charge is 2.21. The van der Waals surface area contributed by atoms with E-state index in [0.717, 1.165) is 22.6 Å². The largest absolute Gasteiger partial charge is 0.496 e. The van der Waals surface area contributed by atoms with Gasteiger partial charge in [-0.05, 0) is 30.3 Å². The molecule has 4 rings (SSSR count). The summed E-state index contributed by atoms with van der Waals surface area (Å²) in [7, 11) is 3.22. The van der Waals surface area contributed by atoms with Crippen LogP contribution in [-0.4, -0.2) is 29.9 Å². The fraction of sp³-hybridized carbons (Fsp3) is 0.120. The third-order valence-electron chi connectivity index (χ3n) is 4.97. The van der Waals surface area contributed by atoms with Gasteiger partial charge in [0.2, 0.25) is 0 Å². The second-order valence-corrected chi connectivity index (χ2v) is 6.87. The lowest BCUT2D eigenvalue weighted by Gasteiger charge is -2.10. The van der Waals surface area contributed by atoms with Gasteiger partial charge in [-0.15, -0.1) is 0 Å². The van der Waals surface area contributed by atoms with Crippen molar-refractivity contribution in [3.63, 3.8) is 0 Å². The summed E-state index contributed by atoms with van der Waals surface area (Å²) in [5, 5.41) is 7.71. The van der Waals surface area contributed by atoms with E-state index in [1.807, 2.05) is 78.9 Å². The van der Waals surface area contributed by atoms with Gasteiger partial charge >= 0.3 is 0 Å². The molecule has 0 aliphatic carbocycles. The molecular formula is C25H23N3O3. The van der Waals surface area contributed by atoms with E-state index in [1.165, 1.54) is 0 Å². The number of amides is 1. The van der Waals surface area contributed by atoms with Crippen molar-refractivity contribution in [3.05, 3.63) is 96.2 Å². The van der Waals surface area contributed by atoms with Crippen LogP contribution in [0.5, 0.6) is 11.5 Å². The number of ether oxygens (including phenoxy) is 2. The van der Waals surface area contributed by atoms with E-state index in [4.69, 9.17) is 14.6 Å². The minimum atomic E-state index is -0.228. The van der Waals surface area contributed by atoms with Gasteiger partial charge in [-0.25, -0.2) is 4.68 Å². The van der Waals surface area contributed by atoms with Gasteiger partial charge in [-0.1, -0.05) is 48.5 Å². The van der Waals surface area contributed by atoms with Crippen molar-refractivity contribution in [3.8, 4) is 28.4 Å². The molecule has 0 unspecified atom stereocenters.